The molecule has 0 radical (unpaired) electrons. The van der Waals surface area contributed by atoms with Gasteiger partial charge in [0.25, 0.3) is 0 Å². The number of pyridine rings is 1. The van der Waals surface area contributed by atoms with Crippen molar-refractivity contribution >= 4 is 22.5 Å². The van der Waals surface area contributed by atoms with Gasteiger partial charge in [-0.2, -0.15) is 0 Å². The topological polar surface area (TPSA) is 89.2 Å². The number of allylic oxidation sites excluding steroid dienone is 1. The second-order valence-corrected chi connectivity index (χ2v) is 7.82. The minimum absolute atomic E-state index is 0.186. The van der Waals surface area contributed by atoms with Crippen LogP contribution in [-0.4, -0.2) is 47.3 Å². The molecule has 7 heteroatoms. The number of aromatic nitrogens is 3. The lowest BCUT2D eigenvalue weighted by Gasteiger charge is -2.28. The van der Waals surface area contributed by atoms with Crippen LogP contribution in [0.5, 0.6) is 0 Å². The van der Waals surface area contributed by atoms with E-state index < -0.39 is 0 Å². The van der Waals surface area contributed by atoms with E-state index in [1.807, 2.05) is 6.07 Å². The van der Waals surface area contributed by atoms with Gasteiger partial charge in [-0.05, 0) is 31.0 Å². The Bertz CT molecular complexity index is 1060. The number of ether oxygens (including phenoxy) is 1. The first-order valence-electron chi connectivity index (χ1n) is 10.5. The maximum Gasteiger partial charge on any atom is 0.159 e. The van der Waals surface area contributed by atoms with Crippen LogP contribution in [0, 0.1) is 0 Å². The molecule has 5 rings (SSSR count). The number of benzene rings is 1. The summed E-state index contributed by atoms with van der Waals surface area (Å²) in [4.78, 5) is 16.3. The molecule has 1 aliphatic heterocycles. The number of nitrogens with one attached hydrogen (secondary N) is 1. The van der Waals surface area contributed by atoms with E-state index in [4.69, 9.17) is 15.5 Å². The average Bonchev–Trinajstić information content (AvgIpc) is 2.80. The van der Waals surface area contributed by atoms with Crippen LogP contribution in [0.2, 0.25) is 0 Å². The molecule has 1 aromatic carbocycles. The van der Waals surface area contributed by atoms with Gasteiger partial charge in [0.15, 0.2) is 5.82 Å². The third-order valence-corrected chi connectivity index (χ3v) is 5.69. The number of fused-ring (bicyclic) bond motifs is 1. The quantitative estimate of drug-likeness (QED) is 0.692. The van der Waals surface area contributed by atoms with Crippen molar-refractivity contribution in [2.75, 3.05) is 36.5 Å². The van der Waals surface area contributed by atoms with Crippen LogP contribution in [0.25, 0.3) is 22.3 Å². The summed E-state index contributed by atoms with van der Waals surface area (Å²) < 4.78 is 5.45. The number of rotatable bonds is 4. The Morgan fingerprint density at radius 3 is 2.67 bits per heavy atom. The highest BCUT2D eigenvalue weighted by molar-refractivity contribution is 5.89. The first-order chi connectivity index (χ1) is 14.8. The zero-order chi connectivity index (χ0) is 20.3. The smallest absolute Gasteiger partial charge is 0.159 e. The van der Waals surface area contributed by atoms with Crippen molar-refractivity contribution in [3.63, 3.8) is 0 Å². The van der Waals surface area contributed by atoms with Crippen LogP contribution in [-0.2, 0) is 4.74 Å². The first-order valence-corrected chi connectivity index (χ1v) is 10.5. The Morgan fingerprint density at radius 2 is 1.87 bits per heavy atom. The third-order valence-electron chi connectivity index (χ3n) is 5.69. The van der Waals surface area contributed by atoms with E-state index in [0.717, 1.165) is 79.4 Å². The zero-order valence-electron chi connectivity index (χ0n) is 16.9. The summed E-state index contributed by atoms with van der Waals surface area (Å²) in [5.74, 6) is 0.730. The van der Waals surface area contributed by atoms with Gasteiger partial charge >= 0.3 is 0 Å². The molecule has 2 aliphatic rings. The molecular formula is C23H26N6O. The largest absolute Gasteiger partial charge is 0.378 e. The second-order valence-electron chi connectivity index (χ2n) is 7.82. The van der Waals surface area contributed by atoms with Gasteiger partial charge in [-0.15, -0.1) is 0 Å². The van der Waals surface area contributed by atoms with E-state index in [1.54, 1.807) is 12.4 Å². The maximum absolute atomic E-state index is 6.15. The van der Waals surface area contributed by atoms with Crippen LogP contribution >= 0.6 is 0 Å². The molecule has 3 aromatic rings. The Balaban J connectivity index is 1.47. The fraction of sp³-hybridized carbons (Fsp3) is 0.348. The molecule has 0 unspecified atom stereocenters. The maximum atomic E-state index is 6.15. The van der Waals surface area contributed by atoms with Crippen molar-refractivity contribution in [1.29, 1.82) is 0 Å². The van der Waals surface area contributed by atoms with Gasteiger partial charge in [-0.3, -0.25) is 4.98 Å². The Morgan fingerprint density at radius 1 is 1.07 bits per heavy atom. The van der Waals surface area contributed by atoms with Gasteiger partial charge in [0, 0.05) is 54.9 Å². The predicted molar refractivity (Wildman–Crippen MR) is 119 cm³/mol. The molecule has 1 fully saturated rings. The van der Waals surface area contributed by atoms with Gasteiger partial charge in [0.1, 0.15) is 5.52 Å². The van der Waals surface area contributed by atoms with E-state index in [-0.39, 0.29) is 6.04 Å². The van der Waals surface area contributed by atoms with Crippen molar-refractivity contribution in [2.45, 2.75) is 25.3 Å². The number of hydrogen-bond acceptors (Lipinski definition) is 7. The number of hydrogen-bond donors (Lipinski definition) is 2. The lowest BCUT2D eigenvalue weighted by molar-refractivity contribution is 0.122. The molecule has 0 saturated carbocycles. The average molecular weight is 403 g/mol. The fourth-order valence-corrected chi connectivity index (χ4v) is 4.07. The highest BCUT2D eigenvalue weighted by atomic mass is 16.5. The molecule has 2 aromatic heterocycles. The van der Waals surface area contributed by atoms with Gasteiger partial charge in [0.2, 0.25) is 0 Å². The van der Waals surface area contributed by atoms with Gasteiger partial charge in [-0.1, -0.05) is 18.2 Å². The molecule has 30 heavy (non-hydrogen) atoms. The van der Waals surface area contributed by atoms with E-state index in [9.17, 15) is 0 Å². The normalized spacial score (nSPS) is 19.6. The monoisotopic (exact) mass is 402 g/mol. The van der Waals surface area contributed by atoms with Gasteiger partial charge < -0.3 is 20.7 Å². The summed E-state index contributed by atoms with van der Waals surface area (Å²) in [7, 11) is 0. The summed E-state index contributed by atoms with van der Waals surface area (Å²) in [6.45, 7) is 3.41. The molecule has 0 spiro atoms. The second kappa shape index (κ2) is 8.38. The van der Waals surface area contributed by atoms with E-state index in [2.05, 4.69) is 50.5 Å². The molecule has 0 amide bonds. The van der Waals surface area contributed by atoms with Crippen LogP contribution in [0.4, 0.5) is 11.5 Å². The Labute approximate surface area is 176 Å². The Hall–Kier alpha value is -3.03. The fourth-order valence-electron chi connectivity index (χ4n) is 4.07. The minimum atomic E-state index is 0.186. The van der Waals surface area contributed by atoms with E-state index >= 15 is 0 Å². The van der Waals surface area contributed by atoms with Crippen molar-refractivity contribution < 1.29 is 4.74 Å². The highest BCUT2D eigenvalue weighted by Crippen LogP contribution is 2.29. The summed E-state index contributed by atoms with van der Waals surface area (Å²) >= 11 is 0. The molecule has 154 valence electrons. The first kappa shape index (κ1) is 19.0. The molecular weight excluding hydrogens is 376 g/mol. The molecule has 1 saturated heterocycles. The molecule has 3 heterocycles. The number of nitrogens with two attached hydrogens (primary N) is 1. The molecule has 0 bridgehead atoms. The molecule has 1 aliphatic carbocycles. The molecule has 1 atom stereocenters. The standard InChI is InChI=1S/C23H26N6O/c24-17-2-1-3-18(14-17)27-23-22-21(25-8-9-26-22)15-20(28-23)16-4-6-19(7-5-16)29-10-12-30-13-11-29/h3-9,15,17H,1-2,10-14,24H2,(H,27,28)/t17-/m1/s1. The van der Waals surface area contributed by atoms with Gasteiger partial charge in [0.05, 0.1) is 24.4 Å². The summed E-state index contributed by atoms with van der Waals surface area (Å²) in [5.41, 5.74) is 12.0. The van der Waals surface area contributed by atoms with Crippen LogP contribution in [0.15, 0.2) is 54.5 Å². The summed E-state index contributed by atoms with van der Waals surface area (Å²) in [6, 6.07) is 10.7. The van der Waals surface area contributed by atoms with Crippen LogP contribution < -0.4 is 16.0 Å². The summed E-state index contributed by atoms with van der Waals surface area (Å²) in [5, 5.41) is 3.47. The van der Waals surface area contributed by atoms with Crippen molar-refractivity contribution in [3.8, 4) is 11.3 Å². The summed E-state index contributed by atoms with van der Waals surface area (Å²) in [6.07, 6.45) is 8.45. The number of morpholine rings is 1. The number of anilines is 2. The molecule has 7 nitrogen and oxygen atoms in total. The lowest BCUT2D eigenvalue weighted by atomic mass is 10.00. The van der Waals surface area contributed by atoms with Crippen LogP contribution in [0.1, 0.15) is 19.3 Å². The zero-order valence-corrected chi connectivity index (χ0v) is 16.9. The van der Waals surface area contributed by atoms with Crippen LogP contribution in [0.3, 0.4) is 0 Å². The van der Waals surface area contributed by atoms with E-state index in [0.29, 0.717) is 0 Å². The predicted octanol–water partition coefficient (Wildman–Crippen LogP) is 3.34. The minimum Gasteiger partial charge on any atom is -0.378 e. The SMILES string of the molecule is N[C@@H]1CCC=C(Nc2nc(-c3ccc(N4CCOCC4)cc3)cc3nccnc23)C1. The lowest BCUT2D eigenvalue weighted by Crippen LogP contribution is -2.36. The van der Waals surface area contributed by atoms with Crippen molar-refractivity contribution in [2.24, 2.45) is 5.73 Å². The molecule has 3 N–H and O–H groups in total. The number of nitrogens with zero attached hydrogens (tertiary/aromatic N) is 4. The van der Waals surface area contributed by atoms with E-state index in [1.165, 1.54) is 5.69 Å². The Kier molecular flexibility index (Phi) is 5.29. The highest BCUT2D eigenvalue weighted by Gasteiger charge is 2.16. The van der Waals surface area contributed by atoms with Crippen molar-refractivity contribution in [1.82, 2.24) is 15.0 Å². The van der Waals surface area contributed by atoms with Gasteiger partial charge in [-0.25, -0.2) is 9.97 Å². The van der Waals surface area contributed by atoms with Crippen molar-refractivity contribution in [3.05, 3.63) is 54.5 Å². The third kappa shape index (κ3) is 3.99.